The van der Waals surface area contributed by atoms with Gasteiger partial charge >= 0.3 is 11.9 Å². The number of carboxylic acids is 2. The highest BCUT2D eigenvalue weighted by molar-refractivity contribution is 6.10. The minimum absolute atomic E-state index is 0.0257. The van der Waals surface area contributed by atoms with Gasteiger partial charge in [-0.15, -0.1) is 0 Å². The van der Waals surface area contributed by atoms with Gasteiger partial charge in [0.15, 0.2) is 11.5 Å². The predicted octanol–water partition coefficient (Wildman–Crippen LogP) is 1.20. The first-order valence-electron chi connectivity index (χ1n) is 10.8. The van der Waals surface area contributed by atoms with Crippen LogP contribution in [-0.4, -0.2) is 57.6 Å². The summed E-state index contributed by atoms with van der Waals surface area (Å²) in [6.07, 6.45) is -0.858. The highest BCUT2D eigenvalue weighted by atomic mass is 16.6. The van der Waals surface area contributed by atoms with Crippen molar-refractivity contribution in [2.75, 3.05) is 13.2 Å². The average molecular weight is 466 g/mol. The van der Waals surface area contributed by atoms with Gasteiger partial charge in [0.25, 0.3) is 0 Å². The van der Waals surface area contributed by atoms with E-state index in [0.717, 1.165) is 4.90 Å². The zero-order valence-electron chi connectivity index (χ0n) is 18.0. The first kappa shape index (κ1) is 21.9. The van der Waals surface area contributed by atoms with E-state index < -0.39 is 53.6 Å². The molecule has 3 N–H and O–H groups in total. The number of likely N-dealkylation sites (tertiary alicyclic amines) is 1. The second-order valence-electron chi connectivity index (χ2n) is 8.62. The smallest absolute Gasteiger partial charge is 0.325 e. The van der Waals surface area contributed by atoms with Crippen molar-refractivity contribution in [3.8, 4) is 11.5 Å². The van der Waals surface area contributed by atoms with E-state index in [1.165, 1.54) is 0 Å². The Morgan fingerprint density at radius 1 is 1.00 bits per heavy atom. The third-order valence-corrected chi connectivity index (χ3v) is 6.67. The van der Waals surface area contributed by atoms with Gasteiger partial charge in [0.1, 0.15) is 18.8 Å². The molecule has 2 aromatic rings. The number of ether oxygens (including phenoxy) is 2. The second-order valence-corrected chi connectivity index (χ2v) is 8.62. The van der Waals surface area contributed by atoms with Crippen molar-refractivity contribution in [2.24, 2.45) is 11.8 Å². The molecule has 10 nitrogen and oxygen atoms in total. The van der Waals surface area contributed by atoms with E-state index in [4.69, 9.17) is 9.47 Å². The van der Waals surface area contributed by atoms with Gasteiger partial charge in [-0.25, -0.2) is 0 Å². The van der Waals surface area contributed by atoms with Gasteiger partial charge in [-0.05, 0) is 23.3 Å². The molecule has 10 heteroatoms. The first-order valence-corrected chi connectivity index (χ1v) is 10.8. The lowest BCUT2D eigenvalue weighted by atomic mass is 9.77. The summed E-state index contributed by atoms with van der Waals surface area (Å²) in [7, 11) is 0. The van der Waals surface area contributed by atoms with Crippen LogP contribution in [0.4, 0.5) is 0 Å². The lowest BCUT2D eigenvalue weighted by Crippen LogP contribution is -2.56. The summed E-state index contributed by atoms with van der Waals surface area (Å²) in [6, 6.07) is 12.9. The molecule has 2 fully saturated rings. The number of rotatable bonds is 6. The summed E-state index contributed by atoms with van der Waals surface area (Å²) >= 11 is 0. The van der Waals surface area contributed by atoms with Crippen molar-refractivity contribution >= 4 is 23.8 Å². The number of carbonyl (C=O) groups excluding carboxylic acids is 2. The largest absolute Gasteiger partial charge is 0.486 e. The zero-order chi connectivity index (χ0) is 24.0. The molecule has 176 valence electrons. The topological polar surface area (TPSA) is 142 Å². The maximum atomic E-state index is 13.5. The first-order chi connectivity index (χ1) is 16.3. The monoisotopic (exact) mass is 466 g/mol. The third kappa shape index (κ3) is 3.38. The Kier molecular flexibility index (Phi) is 5.24. The number of amides is 2. The number of benzene rings is 2. The molecule has 4 atom stereocenters. The van der Waals surface area contributed by atoms with E-state index >= 15 is 0 Å². The van der Waals surface area contributed by atoms with E-state index in [-0.39, 0.29) is 6.54 Å². The second kappa shape index (κ2) is 8.14. The van der Waals surface area contributed by atoms with Crippen LogP contribution in [0.5, 0.6) is 11.5 Å². The lowest BCUT2D eigenvalue weighted by molar-refractivity contribution is -0.156. The Hall–Kier alpha value is -3.92. The molecular formula is C24H22N2O8. The van der Waals surface area contributed by atoms with Crippen LogP contribution in [0.2, 0.25) is 0 Å². The quantitative estimate of drug-likeness (QED) is 0.535. The fraction of sp³-hybridized carbons (Fsp3) is 0.333. The summed E-state index contributed by atoms with van der Waals surface area (Å²) in [4.78, 5) is 52.2. The van der Waals surface area contributed by atoms with Gasteiger partial charge in [0.2, 0.25) is 11.8 Å². The molecule has 3 aliphatic heterocycles. The number of carboxylic acid groups (broad SMARTS) is 2. The normalized spacial score (nSPS) is 27.5. The molecule has 0 aliphatic carbocycles. The minimum Gasteiger partial charge on any atom is -0.486 e. The van der Waals surface area contributed by atoms with Crippen LogP contribution in [0, 0.1) is 11.8 Å². The Bertz CT molecular complexity index is 1180. The van der Waals surface area contributed by atoms with Crippen LogP contribution in [0.25, 0.3) is 0 Å². The molecule has 0 radical (unpaired) electrons. The molecule has 2 amide bonds. The molecule has 2 aromatic carbocycles. The maximum Gasteiger partial charge on any atom is 0.325 e. The molecule has 0 aromatic heterocycles. The van der Waals surface area contributed by atoms with E-state index in [1.54, 1.807) is 48.5 Å². The number of aliphatic carboxylic acids is 2. The van der Waals surface area contributed by atoms with E-state index in [0.29, 0.717) is 35.8 Å². The molecule has 34 heavy (non-hydrogen) atoms. The summed E-state index contributed by atoms with van der Waals surface area (Å²) in [5.74, 6) is -5.64. The van der Waals surface area contributed by atoms with Crippen molar-refractivity contribution in [1.82, 2.24) is 10.2 Å². The number of carbonyl (C=O) groups is 4. The van der Waals surface area contributed by atoms with Crippen LogP contribution >= 0.6 is 0 Å². The van der Waals surface area contributed by atoms with Gasteiger partial charge in [-0.1, -0.05) is 36.4 Å². The lowest BCUT2D eigenvalue weighted by Gasteiger charge is -2.30. The summed E-state index contributed by atoms with van der Waals surface area (Å²) in [5, 5.41) is 22.5. The number of hydrogen-bond donors (Lipinski definition) is 3. The van der Waals surface area contributed by atoms with Crippen LogP contribution in [0.15, 0.2) is 48.5 Å². The van der Waals surface area contributed by atoms with Crippen molar-refractivity contribution in [3.63, 3.8) is 0 Å². The molecule has 4 unspecified atom stereocenters. The molecule has 2 saturated heterocycles. The van der Waals surface area contributed by atoms with E-state index in [2.05, 4.69) is 5.32 Å². The minimum atomic E-state index is -2.15. The van der Waals surface area contributed by atoms with Gasteiger partial charge in [0, 0.05) is 6.04 Å². The molecule has 5 rings (SSSR count). The number of fused-ring (bicyclic) bond motifs is 2. The zero-order valence-corrected chi connectivity index (χ0v) is 18.0. The summed E-state index contributed by atoms with van der Waals surface area (Å²) in [5.41, 5.74) is -0.935. The van der Waals surface area contributed by atoms with Crippen LogP contribution in [-0.2, 0) is 25.7 Å². The average Bonchev–Trinajstić information content (AvgIpc) is 3.29. The van der Waals surface area contributed by atoms with Gasteiger partial charge in [0.05, 0.1) is 24.8 Å². The Labute approximate surface area is 194 Å². The van der Waals surface area contributed by atoms with Crippen LogP contribution in [0.1, 0.15) is 23.6 Å². The fourth-order valence-corrected chi connectivity index (χ4v) is 5.20. The standard InChI is InChI=1S/C24H22N2O8/c27-17(28)11-24(23(31)32)19-18(21(29)26(22(19)30)12-13-4-2-1-3-5-13)20(25-24)14-6-7-15-16(10-14)34-9-8-33-15/h1-7,10,18-20,25H,8-9,11-12H2,(H,27,28)(H,31,32). The molecule has 0 spiro atoms. The highest BCUT2D eigenvalue weighted by Gasteiger charge is 2.69. The Morgan fingerprint density at radius 3 is 2.38 bits per heavy atom. The number of nitrogens with one attached hydrogen (secondary N) is 1. The van der Waals surface area contributed by atoms with Crippen molar-refractivity contribution in [1.29, 1.82) is 0 Å². The van der Waals surface area contributed by atoms with E-state index in [9.17, 15) is 29.4 Å². The fourth-order valence-electron chi connectivity index (χ4n) is 5.20. The Balaban J connectivity index is 1.58. The Morgan fingerprint density at radius 2 is 1.71 bits per heavy atom. The SMILES string of the molecule is O=C(O)CC1(C(=O)O)NC(c2ccc3c(c2)OCCO3)C2C(=O)N(Cc3ccccc3)C(=O)C21. The van der Waals surface area contributed by atoms with Crippen molar-refractivity contribution in [3.05, 3.63) is 59.7 Å². The van der Waals surface area contributed by atoms with Gasteiger partial charge < -0.3 is 19.7 Å². The number of hydrogen-bond acceptors (Lipinski definition) is 7. The van der Waals surface area contributed by atoms with E-state index in [1.807, 2.05) is 0 Å². The van der Waals surface area contributed by atoms with Crippen molar-refractivity contribution in [2.45, 2.75) is 24.5 Å². The van der Waals surface area contributed by atoms with Gasteiger partial charge in [-0.2, -0.15) is 0 Å². The summed E-state index contributed by atoms with van der Waals surface area (Å²) < 4.78 is 11.2. The van der Waals surface area contributed by atoms with Crippen molar-refractivity contribution < 1.29 is 38.9 Å². The van der Waals surface area contributed by atoms with Crippen LogP contribution in [0.3, 0.4) is 0 Å². The predicted molar refractivity (Wildman–Crippen MR) is 115 cm³/mol. The van der Waals surface area contributed by atoms with Gasteiger partial charge in [-0.3, -0.25) is 29.4 Å². The molecular weight excluding hydrogens is 444 g/mol. The molecule has 3 heterocycles. The molecule has 0 bridgehead atoms. The molecule has 3 aliphatic rings. The maximum absolute atomic E-state index is 13.5. The third-order valence-electron chi connectivity index (χ3n) is 6.67. The van der Waals surface area contributed by atoms with Crippen LogP contribution < -0.4 is 14.8 Å². The number of imide groups is 1. The summed E-state index contributed by atoms with van der Waals surface area (Å²) in [6.45, 7) is 0.698. The highest BCUT2D eigenvalue weighted by Crippen LogP contribution is 2.51. The molecule has 0 saturated carbocycles. The number of nitrogens with zero attached hydrogens (tertiary/aromatic N) is 1.